The second kappa shape index (κ2) is 22.7. The number of carbonyl (C=O) groups excluding carboxylic acids is 1. The van der Waals surface area contributed by atoms with Gasteiger partial charge in [-0.2, -0.15) is 0 Å². The fourth-order valence-corrected chi connectivity index (χ4v) is 4.96. The normalized spacial score (nSPS) is 12.3. The third-order valence-electron chi connectivity index (χ3n) is 7.55. The van der Waals surface area contributed by atoms with Gasteiger partial charge in [-0.3, -0.25) is 0 Å². The lowest BCUT2D eigenvalue weighted by Gasteiger charge is -2.23. The Morgan fingerprint density at radius 2 is 1.41 bits per heavy atom. The van der Waals surface area contributed by atoms with E-state index < -0.39 is 12.2 Å². The molecule has 252 valence electrons. The summed E-state index contributed by atoms with van der Waals surface area (Å²) >= 11 is 0. The van der Waals surface area contributed by atoms with Crippen LogP contribution in [0.4, 0.5) is 4.79 Å². The van der Waals surface area contributed by atoms with Crippen molar-refractivity contribution < 1.29 is 32.5 Å². The molecule has 2 heterocycles. The molecule has 2 rings (SSSR count). The van der Waals surface area contributed by atoms with Gasteiger partial charge in [-0.15, -0.1) is 0 Å². The Hall–Kier alpha value is -2.75. The number of ether oxygens (including phenoxy) is 3. The van der Waals surface area contributed by atoms with Gasteiger partial charge in [-0.25, -0.2) is 4.79 Å². The number of hydrogen-bond donors (Lipinski definition) is 1. The van der Waals surface area contributed by atoms with E-state index in [9.17, 15) is 4.79 Å². The van der Waals surface area contributed by atoms with E-state index in [0.717, 1.165) is 48.9 Å². The van der Waals surface area contributed by atoms with Crippen molar-refractivity contribution in [2.45, 2.75) is 129 Å². The van der Waals surface area contributed by atoms with E-state index >= 15 is 0 Å². The van der Waals surface area contributed by atoms with Crippen LogP contribution in [0.15, 0.2) is 21.2 Å². The van der Waals surface area contributed by atoms with Crippen molar-refractivity contribution in [3.63, 3.8) is 0 Å². The molecule has 1 atom stereocenters. The summed E-state index contributed by atoms with van der Waals surface area (Å²) in [5.41, 5.74) is 0. The molecule has 0 fully saturated rings. The van der Waals surface area contributed by atoms with Crippen molar-refractivity contribution in [2.24, 2.45) is 0 Å². The molecule has 0 saturated carbocycles. The minimum atomic E-state index is -0.601. The molecule has 2 aromatic rings. The number of nitrogens with zero attached hydrogens (tertiary/aromatic N) is 3. The number of rotatable bonds is 27. The van der Waals surface area contributed by atoms with Gasteiger partial charge in [0, 0.05) is 25.1 Å². The second-order valence-corrected chi connectivity index (χ2v) is 13.1. The Labute approximate surface area is 266 Å². The molecule has 2 aromatic heterocycles. The number of aromatic nitrogens is 2. The molecule has 0 aliphatic heterocycles. The Balaban J connectivity index is 1.61. The molecular weight excluding hydrogens is 560 g/mol. The molecule has 0 aliphatic rings. The van der Waals surface area contributed by atoms with Crippen LogP contribution in [0.1, 0.15) is 121 Å². The number of alkyl carbamates (subject to hydrolysis) is 1. The lowest BCUT2D eigenvalue weighted by molar-refractivity contribution is -0.870. The van der Waals surface area contributed by atoms with Crippen molar-refractivity contribution in [3.05, 3.63) is 23.7 Å². The lowest BCUT2D eigenvalue weighted by atomic mass is 10.0. The zero-order valence-electron chi connectivity index (χ0n) is 28.4. The van der Waals surface area contributed by atoms with E-state index in [2.05, 4.69) is 43.7 Å². The van der Waals surface area contributed by atoms with Crippen molar-refractivity contribution in [3.8, 4) is 11.8 Å². The highest BCUT2D eigenvalue weighted by atomic mass is 16.6. The first-order valence-electron chi connectivity index (χ1n) is 17.1. The molecule has 1 unspecified atom stereocenters. The predicted molar refractivity (Wildman–Crippen MR) is 173 cm³/mol. The van der Waals surface area contributed by atoms with Gasteiger partial charge in [0.15, 0.2) is 6.10 Å². The van der Waals surface area contributed by atoms with Crippen LogP contribution < -0.4 is 14.8 Å². The number of quaternary nitrogens is 1. The van der Waals surface area contributed by atoms with Crippen LogP contribution in [0, 0.1) is 6.92 Å². The van der Waals surface area contributed by atoms with E-state index in [1.165, 1.54) is 77.0 Å². The topological polar surface area (TPSA) is 109 Å². The summed E-state index contributed by atoms with van der Waals surface area (Å²) < 4.78 is 28.6. The molecule has 10 nitrogen and oxygen atoms in total. The number of amides is 1. The molecule has 0 radical (unpaired) electrons. The monoisotopic (exact) mass is 621 g/mol. The van der Waals surface area contributed by atoms with E-state index in [4.69, 9.17) is 23.3 Å². The summed E-state index contributed by atoms with van der Waals surface area (Å²) in [5.74, 6) is 2.13. The van der Waals surface area contributed by atoms with Crippen LogP contribution in [0.5, 0.6) is 11.8 Å². The average molecular weight is 622 g/mol. The fourth-order valence-electron chi connectivity index (χ4n) is 4.96. The first-order chi connectivity index (χ1) is 21.2. The van der Waals surface area contributed by atoms with Gasteiger partial charge in [0.1, 0.15) is 24.7 Å². The highest BCUT2D eigenvalue weighted by Gasteiger charge is 2.18. The summed E-state index contributed by atoms with van der Waals surface area (Å²) in [4.78, 5) is 12.2. The fraction of sp³-hybridized carbons (Fsp3) is 0.794. The van der Waals surface area contributed by atoms with E-state index in [1.807, 2.05) is 6.07 Å². The number of carbonyl (C=O) groups is 1. The van der Waals surface area contributed by atoms with E-state index in [-0.39, 0.29) is 13.2 Å². The van der Waals surface area contributed by atoms with Crippen molar-refractivity contribution in [2.75, 3.05) is 47.4 Å². The van der Waals surface area contributed by atoms with Crippen LogP contribution in [0.25, 0.3) is 0 Å². The molecule has 0 saturated heterocycles. The van der Waals surface area contributed by atoms with E-state index in [1.54, 1.807) is 13.0 Å². The molecule has 0 aromatic carbocycles. The third-order valence-corrected chi connectivity index (χ3v) is 7.55. The summed E-state index contributed by atoms with van der Waals surface area (Å²) in [7, 11) is 6.54. The number of unbranched alkanes of at least 4 members (excludes halogenated alkanes) is 14. The minimum Gasteiger partial charge on any atom is -0.471 e. The maximum absolute atomic E-state index is 12.2. The maximum Gasteiger partial charge on any atom is 0.407 e. The van der Waals surface area contributed by atoms with Crippen LogP contribution in [-0.2, 0) is 11.2 Å². The van der Waals surface area contributed by atoms with E-state index in [0.29, 0.717) is 24.1 Å². The zero-order valence-corrected chi connectivity index (χ0v) is 28.4. The Morgan fingerprint density at radius 1 is 0.795 bits per heavy atom. The second-order valence-electron chi connectivity index (χ2n) is 13.1. The summed E-state index contributed by atoms with van der Waals surface area (Å²) in [6, 6.07) is 3.50. The standard InChI is InChI=1S/C34H60N4O6/c1-6-7-8-9-10-11-12-13-14-15-16-17-19-22-30-26-32(36-44-30)40-27-31(42-33-25-29(2)43-37-33)28-41-34(39)35-23-20-18-21-24-38(3,4)5/h25-26,31H,6-24,27-28H2,1-5H3/p+1. The average Bonchev–Trinajstić information content (AvgIpc) is 3.62. The minimum absolute atomic E-state index is 0.0110. The first-order valence-corrected chi connectivity index (χ1v) is 17.1. The van der Waals surface area contributed by atoms with Gasteiger partial charge in [0.05, 0.1) is 27.7 Å². The zero-order chi connectivity index (χ0) is 31.9. The SMILES string of the molecule is CCCCCCCCCCCCCCCc1cc(OCC(COC(=O)NCCCCC[N+](C)(C)C)Oc2cc(C)on2)no1. The largest absolute Gasteiger partial charge is 0.471 e. The Morgan fingerprint density at radius 3 is 2.02 bits per heavy atom. The molecule has 0 bridgehead atoms. The number of hydrogen-bond acceptors (Lipinski definition) is 8. The van der Waals surface area contributed by atoms with Crippen molar-refractivity contribution >= 4 is 6.09 Å². The molecule has 0 aliphatic carbocycles. The van der Waals surface area contributed by atoms with Crippen LogP contribution >= 0.6 is 0 Å². The van der Waals surface area contributed by atoms with Crippen LogP contribution in [0.3, 0.4) is 0 Å². The molecule has 1 amide bonds. The van der Waals surface area contributed by atoms with Gasteiger partial charge in [-0.1, -0.05) is 84.0 Å². The number of aryl methyl sites for hydroxylation is 2. The van der Waals surface area contributed by atoms with Gasteiger partial charge in [0.2, 0.25) is 0 Å². The maximum atomic E-state index is 12.2. The molecule has 0 spiro atoms. The Bertz CT molecular complexity index is 987. The number of nitrogens with one attached hydrogen (secondary N) is 1. The molecule has 1 N–H and O–H groups in total. The van der Waals surface area contributed by atoms with Crippen molar-refractivity contribution in [1.82, 2.24) is 15.6 Å². The molecule has 10 heteroatoms. The van der Waals surface area contributed by atoms with Crippen molar-refractivity contribution in [1.29, 1.82) is 0 Å². The summed E-state index contributed by atoms with van der Waals surface area (Å²) in [6.07, 6.45) is 20.1. The van der Waals surface area contributed by atoms with Gasteiger partial charge in [-0.05, 0) is 42.9 Å². The molecule has 44 heavy (non-hydrogen) atoms. The molecular formula is C34H61N4O6+. The summed E-state index contributed by atoms with van der Waals surface area (Å²) in [6.45, 7) is 5.83. The highest BCUT2D eigenvalue weighted by molar-refractivity contribution is 5.67. The highest BCUT2D eigenvalue weighted by Crippen LogP contribution is 2.18. The van der Waals surface area contributed by atoms with Crippen LogP contribution in [-0.4, -0.2) is 74.4 Å². The lowest BCUT2D eigenvalue weighted by Crippen LogP contribution is -2.35. The Kier molecular flexibility index (Phi) is 19.3. The van der Waals surface area contributed by atoms with Gasteiger partial charge < -0.3 is 33.1 Å². The van der Waals surface area contributed by atoms with Gasteiger partial charge in [0.25, 0.3) is 11.8 Å². The van der Waals surface area contributed by atoms with Gasteiger partial charge >= 0.3 is 6.09 Å². The summed E-state index contributed by atoms with van der Waals surface area (Å²) in [5, 5.41) is 10.7. The third kappa shape index (κ3) is 19.5. The van der Waals surface area contributed by atoms with Crippen LogP contribution in [0.2, 0.25) is 0 Å². The quantitative estimate of drug-likeness (QED) is 0.0789. The first kappa shape index (κ1) is 37.4. The smallest absolute Gasteiger partial charge is 0.407 e. The predicted octanol–water partition coefficient (Wildman–Crippen LogP) is 8.03.